The molecule has 0 saturated heterocycles. The molecule has 1 aromatic heterocycles. The maximum Gasteiger partial charge on any atom is 0.251 e. The fraction of sp³-hybridized carbons (Fsp3) is 0.238. The van der Waals surface area contributed by atoms with Crippen molar-refractivity contribution in [2.24, 2.45) is 0 Å². The molecule has 1 unspecified atom stereocenters. The zero-order valence-corrected chi connectivity index (χ0v) is 18.5. The van der Waals surface area contributed by atoms with E-state index < -0.39 is 6.04 Å². The zero-order chi connectivity index (χ0) is 22.4. The summed E-state index contributed by atoms with van der Waals surface area (Å²) in [5, 5.41) is 15.1. The topological polar surface area (TPSA) is 88.9 Å². The van der Waals surface area contributed by atoms with Gasteiger partial charge >= 0.3 is 0 Å². The van der Waals surface area contributed by atoms with E-state index in [1.807, 2.05) is 18.4 Å². The molecule has 10 heteroatoms. The van der Waals surface area contributed by atoms with Crippen LogP contribution in [0.15, 0.2) is 53.7 Å². The van der Waals surface area contributed by atoms with Gasteiger partial charge in [0.15, 0.2) is 11.0 Å². The van der Waals surface area contributed by atoms with Crippen molar-refractivity contribution in [1.82, 2.24) is 20.1 Å². The number of hydrogen-bond acceptors (Lipinski definition) is 5. The first-order chi connectivity index (χ1) is 14.9. The van der Waals surface area contributed by atoms with Crippen molar-refractivity contribution in [2.75, 3.05) is 11.1 Å². The predicted octanol–water partition coefficient (Wildman–Crippen LogP) is 4.31. The minimum Gasteiger partial charge on any atom is -0.342 e. The first kappa shape index (κ1) is 22.8. The van der Waals surface area contributed by atoms with E-state index in [2.05, 4.69) is 20.8 Å². The van der Waals surface area contributed by atoms with Gasteiger partial charge in [0.25, 0.3) is 5.91 Å². The van der Waals surface area contributed by atoms with Gasteiger partial charge in [-0.1, -0.05) is 23.4 Å². The maximum absolute atomic E-state index is 13.0. The molecule has 0 radical (unpaired) electrons. The molecular weight excluding hydrogens is 441 g/mol. The molecule has 0 aliphatic carbocycles. The quantitative estimate of drug-likeness (QED) is 0.488. The highest BCUT2D eigenvalue weighted by Gasteiger charge is 2.20. The van der Waals surface area contributed by atoms with Gasteiger partial charge in [0, 0.05) is 22.8 Å². The lowest BCUT2D eigenvalue weighted by atomic mass is 10.2. The Morgan fingerprint density at radius 2 is 1.81 bits per heavy atom. The maximum atomic E-state index is 13.0. The number of amides is 2. The number of halogens is 2. The summed E-state index contributed by atoms with van der Waals surface area (Å²) in [6, 6.07) is 11.8. The van der Waals surface area contributed by atoms with Crippen molar-refractivity contribution in [3.05, 3.63) is 70.8 Å². The second-order valence-electron chi connectivity index (χ2n) is 6.63. The second-order valence-corrected chi connectivity index (χ2v) is 8.01. The number of carbonyl (C=O) groups is 2. The van der Waals surface area contributed by atoms with E-state index in [9.17, 15) is 14.0 Å². The van der Waals surface area contributed by atoms with Crippen LogP contribution in [0, 0.1) is 5.82 Å². The number of nitrogens with zero attached hydrogens (tertiary/aromatic N) is 3. The number of nitrogens with one attached hydrogen (secondary N) is 2. The minimum absolute atomic E-state index is 0.112. The first-order valence-electron chi connectivity index (χ1n) is 9.55. The highest BCUT2D eigenvalue weighted by molar-refractivity contribution is 7.99. The SMILES string of the molecule is CCn1c(SCC(=O)Nc2ccc(F)cc2)nnc1C(C)NC(=O)c1ccc(Cl)cc1. The van der Waals surface area contributed by atoms with E-state index in [0.29, 0.717) is 33.8 Å². The van der Waals surface area contributed by atoms with Crippen LogP contribution in [0.1, 0.15) is 36.1 Å². The highest BCUT2D eigenvalue weighted by atomic mass is 35.5. The fourth-order valence-electron chi connectivity index (χ4n) is 2.83. The van der Waals surface area contributed by atoms with Crippen LogP contribution >= 0.6 is 23.4 Å². The third-order valence-corrected chi connectivity index (χ3v) is 5.58. The van der Waals surface area contributed by atoms with Crippen molar-refractivity contribution in [2.45, 2.75) is 31.6 Å². The van der Waals surface area contributed by atoms with Crippen molar-refractivity contribution in [1.29, 1.82) is 0 Å². The van der Waals surface area contributed by atoms with Crippen molar-refractivity contribution >= 4 is 40.9 Å². The van der Waals surface area contributed by atoms with Crippen LogP contribution < -0.4 is 10.6 Å². The third kappa shape index (κ3) is 6.05. The summed E-state index contributed by atoms with van der Waals surface area (Å²) in [5.41, 5.74) is 1.01. The van der Waals surface area contributed by atoms with E-state index in [1.54, 1.807) is 24.3 Å². The summed E-state index contributed by atoms with van der Waals surface area (Å²) in [6.45, 7) is 4.33. The number of rotatable bonds is 8. The number of benzene rings is 2. The Bertz CT molecular complexity index is 1060. The Kier molecular flexibility index (Phi) is 7.64. The predicted molar refractivity (Wildman–Crippen MR) is 119 cm³/mol. The van der Waals surface area contributed by atoms with Gasteiger partial charge in [0.05, 0.1) is 11.8 Å². The summed E-state index contributed by atoms with van der Waals surface area (Å²) >= 11 is 7.10. The van der Waals surface area contributed by atoms with Crippen LogP contribution in [0.4, 0.5) is 10.1 Å². The third-order valence-electron chi connectivity index (χ3n) is 4.36. The summed E-state index contributed by atoms with van der Waals surface area (Å²) in [4.78, 5) is 24.7. The Morgan fingerprint density at radius 1 is 1.13 bits per heavy atom. The van der Waals surface area contributed by atoms with Gasteiger partial charge in [0.1, 0.15) is 5.82 Å². The van der Waals surface area contributed by atoms with Gasteiger partial charge < -0.3 is 15.2 Å². The van der Waals surface area contributed by atoms with Gasteiger partial charge in [-0.15, -0.1) is 10.2 Å². The van der Waals surface area contributed by atoms with Gasteiger partial charge in [-0.05, 0) is 62.4 Å². The molecule has 2 N–H and O–H groups in total. The Balaban J connectivity index is 1.61. The van der Waals surface area contributed by atoms with Crippen molar-refractivity contribution in [3.63, 3.8) is 0 Å². The number of aromatic nitrogens is 3. The molecule has 2 amide bonds. The molecule has 162 valence electrons. The van der Waals surface area contributed by atoms with Crippen LogP contribution in [-0.4, -0.2) is 32.3 Å². The molecule has 0 fully saturated rings. The van der Waals surface area contributed by atoms with Crippen LogP contribution in [0.3, 0.4) is 0 Å². The summed E-state index contributed by atoms with van der Waals surface area (Å²) in [6.07, 6.45) is 0. The standard InChI is InChI=1S/C21H21ClFN5O2S/c1-3-28-19(13(2)24-20(30)14-4-6-15(22)7-5-14)26-27-21(28)31-12-18(29)25-17-10-8-16(23)9-11-17/h4-11,13H,3,12H2,1-2H3,(H,24,30)(H,25,29). The normalized spacial score (nSPS) is 11.7. The van der Waals surface area contributed by atoms with Gasteiger partial charge in [-0.25, -0.2) is 4.39 Å². The van der Waals surface area contributed by atoms with Gasteiger partial charge in [0.2, 0.25) is 5.91 Å². The number of carbonyl (C=O) groups excluding carboxylic acids is 2. The van der Waals surface area contributed by atoms with Crippen LogP contribution in [-0.2, 0) is 11.3 Å². The van der Waals surface area contributed by atoms with Crippen molar-refractivity contribution in [3.8, 4) is 0 Å². The molecule has 3 aromatic rings. The van der Waals surface area contributed by atoms with E-state index >= 15 is 0 Å². The molecule has 0 aliphatic heterocycles. The second kappa shape index (κ2) is 10.4. The molecule has 0 saturated carbocycles. The molecule has 1 atom stereocenters. The average molecular weight is 462 g/mol. The largest absolute Gasteiger partial charge is 0.342 e. The zero-order valence-electron chi connectivity index (χ0n) is 16.9. The van der Waals surface area contributed by atoms with Crippen LogP contribution in [0.5, 0.6) is 0 Å². The van der Waals surface area contributed by atoms with E-state index in [1.165, 1.54) is 36.0 Å². The molecule has 0 aliphatic rings. The molecule has 3 rings (SSSR count). The Hall–Kier alpha value is -2.91. The van der Waals surface area contributed by atoms with E-state index in [0.717, 1.165) is 0 Å². The van der Waals surface area contributed by atoms with Crippen molar-refractivity contribution < 1.29 is 14.0 Å². The number of anilines is 1. The first-order valence-corrected chi connectivity index (χ1v) is 10.9. The summed E-state index contributed by atoms with van der Waals surface area (Å²) in [5.74, 6) is -0.156. The monoisotopic (exact) mass is 461 g/mol. The van der Waals surface area contributed by atoms with E-state index in [4.69, 9.17) is 11.6 Å². The summed E-state index contributed by atoms with van der Waals surface area (Å²) < 4.78 is 14.8. The molecule has 0 bridgehead atoms. The smallest absolute Gasteiger partial charge is 0.251 e. The minimum atomic E-state index is -0.391. The van der Waals surface area contributed by atoms with E-state index in [-0.39, 0.29) is 23.4 Å². The average Bonchev–Trinajstić information content (AvgIpc) is 3.17. The van der Waals surface area contributed by atoms with Crippen LogP contribution in [0.2, 0.25) is 5.02 Å². The highest BCUT2D eigenvalue weighted by Crippen LogP contribution is 2.21. The lowest BCUT2D eigenvalue weighted by molar-refractivity contribution is -0.113. The molecular formula is C21H21ClFN5O2S. The number of thioether (sulfide) groups is 1. The van der Waals surface area contributed by atoms with Crippen LogP contribution in [0.25, 0.3) is 0 Å². The molecule has 7 nitrogen and oxygen atoms in total. The molecule has 31 heavy (non-hydrogen) atoms. The number of hydrogen-bond donors (Lipinski definition) is 2. The lowest BCUT2D eigenvalue weighted by Crippen LogP contribution is -2.28. The Morgan fingerprint density at radius 3 is 2.45 bits per heavy atom. The molecule has 0 spiro atoms. The lowest BCUT2D eigenvalue weighted by Gasteiger charge is -2.15. The van der Waals surface area contributed by atoms with Gasteiger partial charge in [-0.2, -0.15) is 0 Å². The van der Waals surface area contributed by atoms with Gasteiger partial charge in [-0.3, -0.25) is 9.59 Å². The molecule has 1 heterocycles. The molecule has 2 aromatic carbocycles. The summed E-state index contributed by atoms with van der Waals surface area (Å²) in [7, 11) is 0. The fourth-order valence-corrected chi connectivity index (χ4v) is 3.77. The Labute approximate surface area is 188 Å².